The highest BCUT2D eigenvalue weighted by Crippen LogP contribution is 2.25. The van der Waals surface area contributed by atoms with Gasteiger partial charge in [0.05, 0.1) is 19.8 Å². The molecule has 0 radical (unpaired) electrons. The fourth-order valence-electron chi connectivity index (χ4n) is 0.786. The van der Waals surface area contributed by atoms with Crippen LogP contribution < -0.4 is 0 Å². The number of hydrogen-bond acceptors (Lipinski definition) is 2. The van der Waals surface area contributed by atoms with Crippen LogP contribution in [0.4, 0.5) is 0 Å². The zero-order valence-corrected chi connectivity index (χ0v) is 12.8. The smallest absolute Gasteiger partial charge is 0.213 e. The SMILES string of the molecule is C[Si](C)(C)CCOCCOCC(Cl)(Cl)Cl. The molecule has 0 N–H and O–H groups in total. The van der Waals surface area contributed by atoms with Crippen LogP contribution in [0, 0.1) is 0 Å². The third-order valence-electron chi connectivity index (χ3n) is 1.63. The monoisotopic (exact) mass is 292 g/mol. The van der Waals surface area contributed by atoms with E-state index in [2.05, 4.69) is 19.6 Å². The van der Waals surface area contributed by atoms with Crippen LogP contribution in [-0.4, -0.2) is 38.3 Å². The third-order valence-corrected chi connectivity index (χ3v) is 3.67. The van der Waals surface area contributed by atoms with Crippen molar-refractivity contribution in [1.82, 2.24) is 0 Å². The van der Waals surface area contributed by atoms with Crippen LogP contribution in [-0.2, 0) is 9.47 Å². The molecular formula is C9H19Cl3O2Si. The lowest BCUT2D eigenvalue weighted by atomic mass is 10.7. The van der Waals surface area contributed by atoms with E-state index in [1.807, 2.05) is 0 Å². The van der Waals surface area contributed by atoms with Gasteiger partial charge in [-0.05, 0) is 6.04 Å². The van der Waals surface area contributed by atoms with E-state index >= 15 is 0 Å². The maximum absolute atomic E-state index is 5.50. The number of halogens is 3. The van der Waals surface area contributed by atoms with Gasteiger partial charge in [0.15, 0.2) is 0 Å². The molecule has 0 unspecified atom stereocenters. The molecule has 0 rings (SSSR count). The summed E-state index contributed by atoms with van der Waals surface area (Å²) in [6.07, 6.45) is 0. The van der Waals surface area contributed by atoms with E-state index in [1.54, 1.807) is 0 Å². The van der Waals surface area contributed by atoms with Crippen molar-refractivity contribution in [3.8, 4) is 0 Å². The van der Waals surface area contributed by atoms with E-state index in [0.29, 0.717) is 13.2 Å². The highest BCUT2D eigenvalue weighted by molar-refractivity contribution is 6.76. The topological polar surface area (TPSA) is 18.5 Å². The van der Waals surface area contributed by atoms with Crippen molar-refractivity contribution in [3.05, 3.63) is 0 Å². The summed E-state index contributed by atoms with van der Waals surface area (Å²) in [6, 6.07) is 1.16. The average molecular weight is 294 g/mol. The van der Waals surface area contributed by atoms with Crippen LogP contribution in [0.5, 0.6) is 0 Å². The molecule has 0 aliphatic rings. The van der Waals surface area contributed by atoms with E-state index < -0.39 is 11.9 Å². The van der Waals surface area contributed by atoms with Gasteiger partial charge in [-0.1, -0.05) is 54.4 Å². The first kappa shape index (κ1) is 16.0. The van der Waals surface area contributed by atoms with Crippen LogP contribution >= 0.6 is 34.8 Å². The van der Waals surface area contributed by atoms with Crippen molar-refractivity contribution < 1.29 is 9.47 Å². The molecule has 0 aromatic carbocycles. The molecular weight excluding hydrogens is 275 g/mol. The van der Waals surface area contributed by atoms with Crippen LogP contribution in [0.1, 0.15) is 0 Å². The van der Waals surface area contributed by atoms with Gasteiger partial charge >= 0.3 is 0 Å². The van der Waals surface area contributed by atoms with Gasteiger partial charge in [-0.2, -0.15) is 0 Å². The molecule has 0 saturated heterocycles. The number of hydrogen-bond donors (Lipinski definition) is 0. The van der Waals surface area contributed by atoms with E-state index in [0.717, 1.165) is 12.7 Å². The quantitative estimate of drug-likeness (QED) is 0.404. The Kier molecular flexibility index (Phi) is 7.85. The van der Waals surface area contributed by atoms with E-state index in [4.69, 9.17) is 44.3 Å². The zero-order chi connectivity index (χ0) is 11.9. The van der Waals surface area contributed by atoms with Crippen LogP contribution in [0.3, 0.4) is 0 Å². The van der Waals surface area contributed by atoms with Gasteiger partial charge in [0.25, 0.3) is 0 Å². The Labute approximate surface area is 108 Å². The summed E-state index contributed by atoms with van der Waals surface area (Å²) in [5, 5.41) is 0. The Balaban J connectivity index is 3.20. The van der Waals surface area contributed by atoms with Gasteiger partial charge in [-0.15, -0.1) is 0 Å². The molecule has 0 aliphatic carbocycles. The molecule has 0 aromatic heterocycles. The van der Waals surface area contributed by atoms with E-state index in [1.165, 1.54) is 0 Å². The number of ether oxygens (including phenoxy) is 2. The first-order valence-electron chi connectivity index (χ1n) is 4.93. The third kappa shape index (κ3) is 15.0. The van der Waals surface area contributed by atoms with Crippen molar-refractivity contribution in [3.63, 3.8) is 0 Å². The lowest BCUT2D eigenvalue weighted by Gasteiger charge is -2.15. The van der Waals surface area contributed by atoms with E-state index in [-0.39, 0.29) is 6.61 Å². The molecule has 0 heterocycles. The molecule has 2 nitrogen and oxygen atoms in total. The summed E-state index contributed by atoms with van der Waals surface area (Å²) in [5.41, 5.74) is 0. The molecule has 0 atom stereocenters. The molecule has 92 valence electrons. The van der Waals surface area contributed by atoms with Gasteiger partial charge in [0.2, 0.25) is 3.79 Å². The average Bonchev–Trinajstić information content (AvgIpc) is 1.98. The molecule has 6 heteroatoms. The second kappa shape index (κ2) is 7.36. The van der Waals surface area contributed by atoms with Crippen LogP contribution in [0.25, 0.3) is 0 Å². The molecule has 0 bridgehead atoms. The van der Waals surface area contributed by atoms with Crippen molar-refractivity contribution in [2.45, 2.75) is 29.5 Å². The minimum Gasteiger partial charge on any atom is -0.379 e. The first-order chi connectivity index (χ1) is 6.71. The Morgan fingerprint density at radius 2 is 1.47 bits per heavy atom. The van der Waals surface area contributed by atoms with Crippen molar-refractivity contribution in [2.24, 2.45) is 0 Å². The molecule has 0 aromatic rings. The Morgan fingerprint density at radius 1 is 0.933 bits per heavy atom. The van der Waals surface area contributed by atoms with Gasteiger partial charge in [-0.25, -0.2) is 0 Å². The largest absolute Gasteiger partial charge is 0.379 e. The molecule has 0 spiro atoms. The Hall–Kier alpha value is 1.01. The van der Waals surface area contributed by atoms with Crippen molar-refractivity contribution >= 4 is 42.9 Å². The van der Waals surface area contributed by atoms with Crippen molar-refractivity contribution in [2.75, 3.05) is 26.4 Å². The highest BCUT2D eigenvalue weighted by Gasteiger charge is 2.19. The van der Waals surface area contributed by atoms with Crippen LogP contribution in [0.2, 0.25) is 25.7 Å². The van der Waals surface area contributed by atoms with Gasteiger partial charge in [0.1, 0.15) is 0 Å². The molecule has 0 fully saturated rings. The van der Waals surface area contributed by atoms with Gasteiger partial charge < -0.3 is 9.47 Å². The predicted molar refractivity (Wildman–Crippen MR) is 70.1 cm³/mol. The minimum absolute atomic E-state index is 0.106. The minimum atomic E-state index is -1.32. The molecule has 0 amide bonds. The van der Waals surface area contributed by atoms with Gasteiger partial charge in [0, 0.05) is 14.7 Å². The van der Waals surface area contributed by atoms with Crippen LogP contribution in [0.15, 0.2) is 0 Å². The maximum Gasteiger partial charge on any atom is 0.213 e. The fourth-order valence-corrected chi connectivity index (χ4v) is 1.77. The predicted octanol–water partition coefficient (Wildman–Crippen LogP) is 3.73. The normalized spacial score (nSPS) is 13.2. The van der Waals surface area contributed by atoms with Gasteiger partial charge in [-0.3, -0.25) is 0 Å². The fraction of sp³-hybridized carbons (Fsp3) is 1.00. The lowest BCUT2D eigenvalue weighted by Crippen LogP contribution is -2.22. The zero-order valence-electron chi connectivity index (χ0n) is 9.49. The van der Waals surface area contributed by atoms with Crippen molar-refractivity contribution in [1.29, 1.82) is 0 Å². The molecule has 0 aliphatic heterocycles. The maximum atomic E-state index is 5.50. The molecule has 15 heavy (non-hydrogen) atoms. The first-order valence-corrected chi connectivity index (χ1v) is 9.77. The number of rotatable bonds is 7. The standard InChI is InChI=1S/C9H19Cl3O2Si/c1-15(2,3)7-6-13-4-5-14-8-9(10,11)12/h4-8H2,1-3H3. The highest BCUT2D eigenvalue weighted by atomic mass is 35.6. The second-order valence-electron chi connectivity index (χ2n) is 4.59. The summed E-state index contributed by atoms with van der Waals surface area (Å²) in [7, 11) is -0.985. The Morgan fingerprint density at radius 3 is 1.93 bits per heavy atom. The summed E-state index contributed by atoms with van der Waals surface area (Å²) in [6.45, 7) is 8.88. The lowest BCUT2D eigenvalue weighted by molar-refractivity contribution is 0.0546. The second-order valence-corrected chi connectivity index (χ2v) is 12.7. The number of alkyl halides is 3. The summed E-state index contributed by atoms with van der Waals surface area (Å²) in [4.78, 5) is 0. The summed E-state index contributed by atoms with van der Waals surface area (Å²) in [5.74, 6) is 0. The van der Waals surface area contributed by atoms with E-state index in [9.17, 15) is 0 Å². The Bertz CT molecular complexity index is 148. The molecule has 0 saturated carbocycles. The summed E-state index contributed by atoms with van der Waals surface area (Å²) < 4.78 is 9.20. The summed E-state index contributed by atoms with van der Waals surface area (Å²) >= 11 is 16.5.